The van der Waals surface area contributed by atoms with Gasteiger partial charge >= 0.3 is 0 Å². The number of hydrogen-bond donors (Lipinski definition) is 0. The lowest BCUT2D eigenvalue weighted by molar-refractivity contribution is 0.0693. The van der Waals surface area contributed by atoms with Crippen LogP contribution in [0.25, 0.3) is 0 Å². The molecular weight excluding hydrogens is 314 g/mol. The fourth-order valence-electron chi connectivity index (χ4n) is 2.58. The van der Waals surface area contributed by atoms with E-state index in [1.807, 2.05) is 17.9 Å². The van der Waals surface area contributed by atoms with Crippen LogP contribution >= 0.6 is 27.5 Å². The second-order valence-electron chi connectivity index (χ2n) is 4.66. The van der Waals surface area contributed by atoms with Gasteiger partial charge in [0.15, 0.2) is 0 Å². The van der Waals surface area contributed by atoms with Crippen molar-refractivity contribution >= 4 is 33.4 Å². The van der Waals surface area contributed by atoms with E-state index < -0.39 is 0 Å². The smallest absolute Gasteiger partial charge is 0.254 e. The van der Waals surface area contributed by atoms with Crippen LogP contribution in [0.5, 0.6) is 0 Å². The second kappa shape index (κ2) is 6.07. The van der Waals surface area contributed by atoms with Gasteiger partial charge in [0.1, 0.15) is 0 Å². The molecule has 4 heteroatoms. The summed E-state index contributed by atoms with van der Waals surface area (Å²) in [7, 11) is 0. The van der Waals surface area contributed by atoms with Crippen LogP contribution in [0, 0.1) is 0 Å². The van der Waals surface area contributed by atoms with Gasteiger partial charge in [0.25, 0.3) is 5.91 Å². The number of rotatable bonds is 3. The van der Waals surface area contributed by atoms with Gasteiger partial charge < -0.3 is 4.90 Å². The molecule has 0 aromatic heterocycles. The summed E-state index contributed by atoms with van der Waals surface area (Å²) in [4.78, 5) is 14.5. The molecule has 98 valence electrons. The van der Waals surface area contributed by atoms with Crippen molar-refractivity contribution in [2.75, 3.05) is 6.54 Å². The summed E-state index contributed by atoms with van der Waals surface area (Å²) >= 11 is 9.32. The van der Waals surface area contributed by atoms with Gasteiger partial charge in [-0.15, -0.1) is 0 Å². The summed E-state index contributed by atoms with van der Waals surface area (Å²) in [5, 5.41) is 0.635. The first-order valence-corrected chi connectivity index (χ1v) is 7.56. The van der Waals surface area contributed by atoms with Crippen LogP contribution in [0.2, 0.25) is 5.02 Å². The van der Waals surface area contributed by atoms with Crippen molar-refractivity contribution in [2.45, 2.75) is 38.6 Å². The summed E-state index contributed by atoms with van der Waals surface area (Å²) < 4.78 is 0.775. The van der Waals surface area contributed by atoms with E-state index in [4.69, 9.17) is 11.6 Å². The highest BCUT2D eigenvalue weighted by molar-refractivity contribution is 9.10. The van der Waals surface area contributed by atoms with E-state index in [9.17, 15) is 4.79 Å². The van der Waals surface area contributed by atoms with Gasteiger partial charge in [0, 0.05) is 22.6 Å². The van der Waals surface area contributed by atoms with Gasteiger partial charge in [-0.05, 0) is 53.9 Å². The molecule has 1 amide bonds. The molecule has 1 aliphatic carbocycles. The van der Waals surface area contributed by atoms with Crippen molar-refractivity contribution < 1.29 is 4.79 Å². The lowest BCUT2D eigenvalue weighted by Gasteiger charge is -2.27. The van der Waals surface area contributed by atoms with E-state index in [-0.39, 0.29) is 5.91 Å². The zero-order valence-electron chi connectivity index (χ0n) is 10.5. The molecule has 0 aliphatic heterocycles. The summed E-state index contributed by atoms with van der Waals surface area (Å²) in [5.41, 5.74) is 0.708. The highest BCUT2D eigenvalue weighted by Gasteiger charge is 2.26. The normalized spacial score (nSPS) is 15.9. The van der Waals surface area contributed by atoms with E-state index >= 15 is 0 Å². The minimum Gasteiger partial charge on any atom is -0.336 e. The lowest BCUT2D eigenvalue weighted by atomic mass is 10.1. The van der Waals surface area contributed by atoms with Gasteiger partial charge in [0.2, 0.25) is 0 Å². The molecule has 2 rings (SSSR count). The van der Waals surface area contributed by atoms with E-state index in [2.05, 4.69) is 15.9 Å². The molecule has 0 N–H and O–H groups in total. The number of carbonyl (C=O) groups is 1. The zero-order valence-corrected chi connectivity index (χ0v) is 12.8. The molecule has 0 atom stereocenters. The Morgan fingerprint density at radius 3 is 2.67 bits per heavy atom. The van der Waals surface area contributed by atoms with E-state index in [1.165, 1.54) is 12.8 Å². The van der Waals surface area contributed by atoms with Crippen LogP contribution in [-0.2, 0) is 0 Å². The quantitative estimate of drug-likeness (QED) is 0.798. The molecule has 0 spiro atoms. The minimum absolute atomic E-state index is 0.113. The minimum atomic E-state index is 0.113. The lowest BCUT2D eigenvalue weighted by Crippen LogP contribution is -2.38. The molecule has 0 radical (unpaired) electrons. The van der Waals surface area contributed by atoms with Gasteiger partial charge in [-0.1, -0.05) is 24.4 Å². The predicted molar refractivity (Wildman–Crippen MR) is 78.1 cm³/mol. The van der Waals surface area contributed by atoms with Crippen molar-refractivity contribution in [1.82, 2.24) is 4.90 Å². The van der Waals surface area contributed by atoms with Crippen LogP contribution in [-0.4, -0.2) is 23.4 Å². The van der Waals surface area contributed by atoms with Gasteiger partial charge in [0.05, 0.1) is 5.02 Å². The molecule has 0 bridgehead atoms. The molecule has 1 aromatic carbocycles. The molecule has 0 saturated heterocycles. The maximum atomic E-state index is 12.5. The van der Waals surface area contributed by atoms with Crippen molar-refractivity contribution in [1.29, 1.82) is 0 Å². The monoisotopic (exact) mass is 329 g/mol. The summed E-state index contributed by atoms with van der Waals surface area (Å²) in [6, 6.07) is 5.79. The Morgan fingerprint density at radius 2 is 2.11 bits per heavy atom. The van der Waals surface area contributed by atoms with Crippen LogP contribution in [0.3, 0.4) is 0 Å². The van der Waals surface area contributed by atoms with E-state index in [0.29, 0.717) is 16.6 Å². The molecule has 1 saturated carbocycles. The Bertz CT molecular complexity index is 443. The zero-order chi connectivity index (χ0) is 13.1. The molecule has 1 aliphatic rings. The first-order chi connectivity index (χ1) is 8.63. The van der Waals surface area contributed by atoms with Crippen molar-refractivity contribution in [2.24, 2.45) is 0 Å². The van der Waals surface area contributed by atoms with Crippen molar-refractivity contribution in [3.05, 3.63) is 33.3 Å². The Labute approximate surface area is 121 Å². The first-order valence-electron chi connectivity index (χ1n) is 6.39. The number of carbonyl (C=O) groups excluding carboxylic acids is 1. The molecule has 0 unspecified atom stereocenters. The van der Waals surface area contributed by atoms with Gasteiger partial charge in [-0.3, -0.25) is 4.79 Å². The SMILES string of the molecule is CCN(C(=O)c1ccc(Cl)c(Br)c1)C1CCCC1. The Morgan fingerprint density at radius 1 is 1.44 bits per heavy atom. The number of halogens is 2. The summed E-state index contributed by atoms with van der Waals surface area (Å²) in [5.74, 6) is 0.113. The molecule has 1 aromatic rings. The fraction of sp³-hybridized carbons (Fsp3) is 0.500. The Hall–Kier alpha value is -0.540. The number of nitrogens with zero attached hydrogens (tertiary/aromatic N) is 1. The largest absolute Gasteiger partial charge is 0.336 e. The summed E-state index contributed by atoms with van der Waals surface area (Å²) in [6.07, 6.45) is 4.74. The molecular formula is C14H17BrClNO. The average Bonchev–Trinajstić information content (AvgIpc) is 2.87. The summed E-state index contributed by atoms with van der Waals surface area (Å²) in [6.45, 7) is 2.81. The van der Waals surface area contributed by atoms with Gasteiger partial charge in [-0.25, -0.2) is 0 Å². The maximum Gasteiger partial charge on any atom is 0.254 e. The topological polar surface area (TPSA) is 20.3 Å². The third-order valence-corrected chi connectivity index (χ3v) is 4.75. The molecule has 18 heavy (non-hydrogen) atoms. The Kier molecular flexibility index (Phi) is 4.68. The van der Waals surface area contributed by atoms with Crippen LogP contribution < -0.4 is 0 Å². The number of amides is 1. The third kappa shape index (κ3) is 2.89. The first kappa shape index (κ1) is 13.9. The molecule has 0 heterocycles. The van der Waals surface area contributed by atoms with Crippen LogP contribution in [0.4, 0.5) is 0 Å². The van der Waals surface area contributed by atoms with Crippen LogP contribution in [0.15, 0.2) is 22.7 Å². The Balaban J connectivity index is 2.19. The highest BCUT2D eigenvalue weighted by Crippen LogP contribution is 2.27. The van der Waals surface area contributed by atoms with Gasteiger partial charge in [-0.2, -0.15) is 0 Å². The van der Waals surface area contributed by atoms with E-state index in [0.717, 1.165) is 23.9 Å². The maximum absolute atomic E-state index is 12.5. The molecule has 1 fully saturated rings. The van der Waals surface area contributed by atoms with E-state index in [1.54, 1.807) is 12.1 Å². The number of hydrogen-bond acceptors (Lipinski definition) is 1. The average molecular weight is 331 g/mol. The second-order valence-corrected chi connectivity index (χ2v) is 5.92. The highest BCUT2D eigenvalue weighted by atomic mass is 79.9. The molecule has 2 nitrogen and oxygen atoms in total. The van der Waals surface area contributed by atoms with Crippen molar-refractivity contribution in [3.63, 3.8) is 0 Å². The standard InChI is InChI=1S/C14H17BrClNO/c1-2-17(11-5-3-4-6-11)14(18)10-7-8-13(16)12(15)9-10/h7-9,11H,2-6H2,1H3. The van der Waals surface area contributed by atoms with Crippen molar-refractivity contribution in [3.8, 4) is 0 Å². The number of benzene rings is 1. The third-order valence-electron chi connectivity index (χ3n) is 3.53. The van der Waals surface area contributed by atoms with Crippen LogP contribution in [0.1, 0.15) is 43.0 Å². The fourth-order valence-corrected chi connectivity index (χ4v) is 3.07. The predicted octanol–water partition coefficient (Wildman–Crippen LogP) is 4.51.